The van der Waals surface area contributed by atoms with Crippen LogP contribution in [0, 0.1) is 12.7 Å². The summed E-state index contributed by atoms with van der Waals surface area (Å²) in [4.78, 5) is 12.3. The molecule has 4 nitrogen and oxygen atoms in total. The first kappa shape index (κ1) is 20.1. The lowest BCUT2D eigenvalue weighted by molar-refractivity contribution is 0.0956. The predicted molar refractivity (Wildman–Crippen MR) is 102 cm³/mol. The smallest absolute Gasteiger partial charge is 0.255 e. The van der Waals surface area contributed by atoms with Crippen molar-refractivity contribution in [2.75, 3.05) is 11.6 Å². The van der Waals surface area contributed by atoms with Crippen LogP contribution < -0.4 is 5.32 Å². The first-order valence-electron chi connectivity index (χ1n) is 8.67. The van der Waals surface area contributed by atoms with Crippen molar-refractivity contribution in [3.8, 4) is 11.1 Å². The average Bonchev–Trinajstić information content (AvgIpc) is 2.60. The van der Waals surface area contributed by atoms with Crippen molar-refractivity contribution in [1.29, 1.82) is 0 Å². The van der Waals surface area contributed by atoms with Gasteiger partial charge in [-0.15, -0.1) is 0 Å². The molecule has 0 aliphatic heterocycles. The lowest BCUT2D eigenvalue weighted by Gasteiger charge is -2.09. The second-order valence-corrected chi connectivity index (χ2v) is 8.55. The second kappa shape index (κ2) is 8.94. The maximum atomic E-state index is 14.1. The Morgan fingerprint density at radius 3 is 2.50 bits per heavy atom. The molecule has 0 radical (unpaired) electrons. The summed E-state index contributed by atoms with van der Waals surface area (Å²) in [5.74, 6) is -1.87. The normalized spacial score (nSPS) is 11.3. The van der Waals surface area contributed by atoms with Crippen LogP contribution in [0.25, 0.3) is 11.1 Å². The van der Waals surface area contributed by atoms with Gasteiger partial charge in [0.25, 0.3) is 5.91 Å². The van der Waals surface area contributed by atoms with Gasteiger partial charge in [-0.05, 0) is 36.6 Å². The number of hydrogen-bond acceptors (Lipinski definition) is 3. The maximum absolute atomic E-state index is 14.1. The van der Waals surface area contributed by atoms with Crippen molar-refractivity contribution < 1.29 is 17.6 Å². The topological polar surface area (TPSA) is 63.2 Å². The Morgan fingerprint density at radius 1 is 1.08 bits per heavy atom. The van der Waals surface area contributed by atoms with Gasteiger partial charge < -0.3 is 5.32 Å². The molecule has 2 rings (SSSR count). The summed E-state index contributed by atoms with van der Waals surface area (Å²) in [6.07, 6.45) is 2.30. The Morgan fingerprint density at radius 2 is 1.81 bits per heavy atom. The van der Waals surface area contributed by atoms with Gasteiger partial charge in [0.15, 0.2) is 9.84 Å². The third kappa shape index (κ3) is 5.66. The highest BCUT2D eigenvalue weighted by molar-refractivity contribution is 7.91. The zero-order valence-electron chi connectivity index (χ0n) is 15.1. The number of carbonyl (C=O) groups is 1. The summed E-state index contributed by atoms with van der Waals surface area (Å²) in [6.45, 7) is 3.93. The molecule has 2 aromatic rings. The Balaban J connectivity index is 2.12. The van der Waals surface area contributed by atoms with E-state index in [2.05, 4.69) is 5.32 Å². The average molecular weight is 377 g/mol. The molecule has 140 valence electrons. The highest BCUT2D eigenvalue weighted by atomic mass is 32.2. The molecule has 0 saturated carbocycles. The van der Waals surface area contributed by atoms with E-state index in [1.165, 1.54) is 12.1 Å². The van der Waals surface area contributed by atoms with Crippen molar-refractivity contribution in [2.24, 2.45) is 0 Å². The largest absolute Gasteiger partial charge is 0.338 e. The fraction of sp³-hybridized carbons (Fsp3) is 0.350. The molecule has 0 spiro atoms. The molecule has 6 heteroatoms. The summed E-state index contributed by atoms with van der Waals surface area (Å²) in [7, 11) is -3.39. The Kier molecular flexibility index (Phi) is 6.91. The van der Waals surface area contributed by atoms with E-state index in [0.29, 0.717) is 12.0 Å². The SMILES string of the molecule is CCCCCS(=O)(=O)CNC(=O)c1cc(-c2cccc(C)c2)ccc1F. The number of aryl methyl sites for hydroxylation is 1. The lowest BCUT2D eigenvalue weighted by Crippen LogP contribution is -2.31. The van der Waals surface area contributed by atoms with E-state index in [-0.39, 0.29) is 11.3 Å². The van der Waals surface area contributed by atoms with Crippen LogP contribution in [0.4, 0.5) is 4.39 Å². The van der Waals surface area contributed by atoms with Crippen molar-refractivity contribution in [3.63, 3.8) is 0 Å². The highest BCUT2D eigenvalue weighted by Gasteiger charge is 2.17. The quantitative estimate of drug-likeness (QED) is 0.705. The third-order valence-corrected chi connectivity index (χ3v) is 5.57. The van der Waals surface area contributed by atoms with E-state index in [9.17, 15) is 17.6 Å². The molecule has 0 aromatic heterocycles. The zero-order valence-corrected chi connectivity index (χ0v) is 15.9. The fourth-order valence-electron chi connectivity index (χ4n) is 2.62. The molecular formula is C20H24FNO3S. The maximum Gasteiger partial charge on any atom is 0.255 e. The Hall–Kier alpha value is -2.21. The van der Waals surface area contributed by atoms with Crippen molar-refractivity contribution in [2.45, 2.75) is 33.1 Å². The number of nitrogens with one attached hydrogen (secondary N) is 1. The van der Waals surface area contributed by atoms with Gasteiger partial charge in [0, 0.05) is 0 Å². The molecule has 0 bridgehead atoms. The van der Waals surface area contributed by atoms with Gasteiger partial charge in [-0.2, -0.15) is 0 Å². The number of carbonyl (C=O) groups excluding carboxylic acids is 1. The minimum atomic E-state index is -3.39. The van der Waals surface area contributed by atoms with Crippen molar-refractivity contribution in [3.05, 3.63) is 59.4 Å². The third-order valence-electron chi connectivity index (χ3n) is 4.07. The van der Waals surface area contributed by atoms with Crippen LogP contribution in [0.3, 0.4) is 0 Å². The summed E-state index contributed by atoms with van der Waals surface area (Å²) >= 11 is 0. The van der Waals surface area contributed by atoms with Gasteiger partial charge in [0.05, 0.1) is 11.3 Å². The predicted octanol–water partition coefficient (Wildman–Crippen LogP) is 4.09. The first-order valence-corrected chi connectivity index (χ1v) is 10.5. The highest BCUT2D eigenvalue weighted by Crippen LogP contribution is 2.23. The zero-order chi connectivity index (χ0) is 19.2. The number of halogens is 1. The van der Waals surface area contributed by atoms with Crippen LogP contribution >= 0.6 is 0 Å². The number of sulfone groups is 1. The number of unbranched alkanes of at least 4 members (excludes halogenated alkanes) is 2. The Bertz CT molecular complexity index is 878. The van der Waals surface area contributed by atoms with Crippen LogP contribution in [0.5, 0.6) is 0 Å². The molecule has 0 heterocycles. The summed E-state index contributed by atoms with van der Waals surface area (Å²) in [5.41, 5.74) is 2.46. The van der Waals surface area contributed by atoms with Crippen LogP contribution in [0.2, 0.25) is 0 Å². The summed E-state index contributed by atoms with van der Waals surface area (Å²) in [5, 5.41) is 2.33. The van der Waals surface area contributed by atoms with Gasteiger partial charge >= 0.3 is 0 Å². The number of rotatable bonds is 8. The van der Waals surface area contributed by atoms with Gasteiger partial charge in [-0.25, -0.2) is 12.8 Å². The minimum Gasteiger partial charge on any atom is -0.338 e. The van der Waals surface area contributed by atoms with E-state index < -0.39 is 27.4 Å². The summed E-state index contributed by atoms with van der Waals surface area (Å²) < 4.78 is 38.0. The molecule has 2 aromatic carbocycles. The summed E-state index contributed by atoms with van der Waals surface area (Å²) in [6, 6.07) is 11.9. The number of benzene rings is 2. The molecular weight excluding hydrogens is 353 g/mol. The van der Waals surface area contributed by atoms with E-state index in [1.54, 1.807) is 6.07 Å². The van der Waals surface area contributed by atoms with E-state index >= 15 is 0 Å². The molecule has 1 N–H and O–H groups in total. The van der Waals surface area contributed by atoms with Crippen molar-refractivity contribution >= 4 is 15.7 Å². The molecule has 0 saturated heterocycles. The number of amides is 1. The first-order chi connectivity index (χ1) is 12.3. The fourth-order valence-corrected chi connectivity index (χ4v) is 3.76. The molecule has 0 aliphatic carbocycles. The van der Waals surface area contributed by atoms with Crippen molar-refractivity contribution in [1.82, 2.24) is 5.32 Å². The van der Waals surface area contributed by atoms with Gasteiger partial charge in [0.1, 0.15) is 11.7 Å². The second-order valence-electron chi connectivity index (χ2n) is 6.37. The monoisotopic (exact) mass is 377 g/mol. The van der Waals surface area contributed by atoms with Crippen LogP contribution in [0.15, 0.2) is 42.5 Å². The number of hydrogen-bond donors (Lipinski definition) is 1. The standard InChI is InChI=1S/C20H24FNO3S/c1-3-4-5-11-26(24,25)14-22-20(23)18-13-17(9-10-19(18)21)16-8-6-7-15(2)12-16/h6-10,12-13H,3-5,11,14H2,1-2H3,(H,22,23). The molecule has 0 atom stereocenters. The van der Waals surface area contributed by atoms with Gasteiger partial charge in [-0.1, -0.05) is 55.7 Å². The molecule has 0 aliphatic rings. The minimum absolute atomic E-state index is 0.0208. The van der Waals surface area contributed by atoms with E-state index in [0.717, 1.165) is 24.0 Å². The molecule has 0 fully saturated rings. The van der Waals surface area contributed by atoms with Gasteiger partial charge in [-0.3, -0.25) is 4.79 Å². The molecule has 0 unspecified atom stereocenters. The lowest BCUT2D eigenvalue weighted by atomic mass is 10.0. The Labute approximate surface area is 154 Å². The van der Waals surface area contributed by atoms with Crippen LogP contribution in [0.1, 0.15) is 42.1 Å². The van der Waals surface area contributed by atoms with Gasteiger partial charge in [0.2, 0.25) is 0 Å². The van der Waals surface area contributed by atoms with E-state index in [1.807, 2.05) is 38.1 Å². The van der Waals surface area contributed by atoms with E-state index in [4.69, 9.17) is 0 Å². The van der Waals surface area contributed by atoms with Crippen LogP contribution in [-0.4, -0.2) is 26.0 Å². The molecule has 1 amide bonds. The van der Waals surface area contributed by atoms with Crippen LogP contribution in [-0.2, 0) is 9.84 Å². The molecule has 26 heavy (non-hydrogen) atoms.